The molecular formula is C18H10ClF3N4. The first-order valence-corrected chi connectivity index (χ1v) is 7.57. The smallest absolute Gasteiger partial charge is 0.229 e. The van der Waals surface area contributed by atoms with Crippen LogP contribution in [-0.2, 0) is 0 Å². The molecule has 0 unspecified atom stereocenters. The van der Waals surface area contributed by atoms with E-state index in [0.29, 0.717) is 16.3 Å². The van der Waals surface area contributed by atoms with Gasteiger partial charge in [0.15, 0.2) is 17.5 Å². The van der Waals surface area contributed by atoms with E-state index >= 15 is 0 Å². The molecule has 4 nitrogen and oxygen atoms in total. The monoisotopic (exact) mass is 374 g/mol. The van der Waals surface area contributed by atoms with Gasteiger partial charge in [-0.15, -0.1) is 0 Å². The van der Waals surface area contributed by atoms with Crippen molar-refractivity contribution in [2.24, 2.45) is 15.9 Å². The second-order valence-corrected chi connectivity index (χ2v) is 5.40. The molecule has 0 aromatic heterocycles. The number of halogens is 4. The van der Waals surface area contributed by atoms with Gasteiger partial charge in [-0.3, -0.25) is 0 Å². The third-order valence-electron chi connectivity index (χ3n) is 3.14. The summed E-state index contributed by atoms with van der Waals surface area (Å²) in [4.78, 5) is 7.67. The maximum absolute atomic E-state index is 13.3. The number of amidine groups is 1. The highest BCUT2D eigenvalue weighted by Crippen LogP contribution is 2.24. The molecule has 0 fully saturated rings. The van der Waals surface area contributed by atoms with E-state index in [1.807, 2.05) is 0 Å². The number of alkyl halides is 3. The SMILES string of the molecule is N#CC(C#N)C(=NC(=Nc1ccc(Cl)cc1)c1ccccc1)C(F)(F)F. The van der Waals surface area contributed by atoms with Crippen LogP contribution in [0.5, 0.6) is 0 Å². The van der Waals surface area contributed by atoms with Crippen molar-refractivity contribution in [1.29, 1.82) is 10.5 Å². The number of nitrogens with zero attached hydrogens (tertiary/aromatic N) is 4. The molecule has 0 aliphatic carbocycles. The number of nitriles is 2. The molecule has 0 amide bonds. The first kappa shape index (κ1) is 19.2. The molecule has 0 radical (unpaired) electrons. The molecule has 0 saturated heterocycles. The second-order valence-electron chi connectivity index (χ2n) is 4.96. The van der Waals surface area contributed by atoms with Crippen molar-refractivity contribution in [2.45, 2.75) is 6.18 Å². The van der Waals surface area contributed by atoms with Crippen molar-refractivity contribution in [1.82, 2.24) is 0 Å². The van der Waals surface area contributed by atoms with E-state index in [4.69, 9.17) is 22.1 Å². The van der Waals surface area contributed by atoms with E-state index in [-0.39, 0.29) is 5.84 Å². The summed E-state index contributed by atoms with van der Waals surface area (Å²) in [5.74, 6) is -2.33. The summed E-state index contributed by atoms with van der Waals surface area (Å²) in [7, 11) is 0. The molecule has 0 atom stereocenters. The largest absolute Gasteiger partial charge is 0.431 e. The van der Waals surface area contributed by atoms with E-state index in [1.54, 1.807) is 18.2 Å². The van der Waals surface area contributed by atoms with Gasteiger partial charge in [0.2, 0.25) is 0 Å². The zero-order chi connectivity index (χ0) is 19.2. The molecule has 26 heavy (non-hydrogen) atoms. The van der Waals surface area contributed by atoms with Gasteiger partial charge in [0.1, 0.15) is 0 Å². The Balaban J connectivity index is 2.65. The van der Waals surface area contributed by atoms with E-state index in [2.05, 4.69) is 9.98 Å². The molecule has 2 aromatic rings. The number of rotatable bonds is 3. The minimum absolute atomic E-state index is 0.268. The fourth-order valence-electron chi connectivity index (χ4n) is 1.94. The Morgan fingerprint density at radius 3 is 2.04 bits per heavy atom. The van der Waals surface area contributed by atoms with Crippen molar-refractivity contribution in [3.63, 3.8) is 0 Å². The van der Waals surface area contributed by atoms with Crippen molar-refractivity contribution >= 4 is 28.8 Å². The third-order valence-corrected chi connectivity index (χ3v) is 3.39. The Hall–Kier alpha value is -3.16. The van der Waals surface area contributed by atoms with Crippen molar-refractivity contribution in [2.75, 3.05) is 0 Å². The predicted octanol–water partition coefficient (Wildman–Crippen LogP) is 5.08. The lowest BCUT2D eigenvalue weighted by atomic mass is 10.1. The first-order chi connectivity index (χ1) is 12.3. The zero-order valence-corrected chi connectivity index (χ0v) is 13.8. The number of benzene rings is 2. The maximum Gasteiger partial charge on any atom is 0.431 e. The van der Waals surface area contributed by atoms with Crippen LogP contribution in [0.1, 0.15) is 5.56 Å². The number of hydrogen-bond donors (Lipinski definition) is 0. The fraction of sp³-hybridized carbons (Fsp3) is 0.111. The molecule has 2 rings (SSSR count). The molecular weight excluding hydrogens is 365 g/mol. The molecule has 130 valence electrons. The van der Waals surface area contributed by atoms with E-state index in [0.717, 1.165) is 0 Å². The number of hydrogen-bond acceptors (Lipinski definition) is 3. The molecule has 0 bridgehead atoms. The lowest BCUT2D eigenvalue weighted by Gasteiger charge is -2.12. The van der Waals surface area contributed by atoms with Crippen LogP contribution in [0.15, 0.2) is 64.6 Å². The van der Waals surface area contributed by atoms with Crippen LogP contribution < -0.4 is 0 Å². The lowest BCUT2D eigenvalue weighted by Crippen LogP contribution is -2.30. The Kier molecular flexibility index (Phi) is 6.11. The van der Waals surface area contributed by atoms with Crippen LogP contribution in [0.2, 0.25) is 5.02 Å². The lowest BCUT2D eigenvalue weighted by molar-refractivity contribution is -0.0609. The summed E-state index contributed by atoms with van der Waals surface area (Å²) in [6.45, 7) is 0. The summed E-state index contributed by atoms with van der Waals surface area (Å²) < 4.78 is 39.9. The minimum atomic E-state index is -4.95. The Morgan fingerprint density at radius 2 is 1.54 bits per heavy atom. The van der Waals surface area contributed by atoms with E-state index < -0.39 is 17.8 Å². The first-order valence-electron chi connectivity index (χ1n) is 7.20. The minimum Gasteiger partial charge on any atom is -0.229 e. The Bertz CT molecular complexity index is 891. The van der Waals surface area contributed by atoms with Gasteiger partial charge in [0.05, 0.1) is 17.8 Å². The van der Waals surface area contributed by atoms with Crippen molar-refractivity contribution < 1.29 is 13.2 Å². The molecule has 0 aliphatic rings. The normalized spacial score (nSPS) is 12.6. The van der Waals surface area contributed by atoms with Crippen molar-refractivity contribution in [3.8, 4) is 12.1 Å². The molecule has 0 aliphatic heterocycles. The van der Waals surface area contributed by atoms with Gasteiger partial charge < -0.3 is 0 Å². The van der Waals surface area contributed by atoms with Gasteiger partial charge in [0.25, 0.3) is 0 Å². The Morgan fingerprint density at radius 1 is 0.962 bits per heavy atom. The fourth-order valence-corrected chi connectivity index (χ4v) is 2.06. The van der Waals surface area contributed by atoms with E-state index in [9.17, 15) is 13.2 Å². The van der Waals surface area contributed by atoms with Gasteiger partial charge >= 0.3 is 6.18 Å². The highest BCUT2D eigenvalue weighted by molar-refractivity contribution is 6.30. The summed E-state index contributed by atoms with van der Waals surface area (Å²) >= 11 is 5.79. The number of aliphatic imine (C=N–C) groups is 2. The average Bonchev–Trinajstić information content (AvgIpc) is 2.62. The van der Waals surface area contributed by atoms with Gasteiger partial charge in [-0.05, 0) is 24.3 Å². The predicted molar refractivity (Wildman–Crippen MR) is 92.3 cm³/mol. The van der Waals surface area contributed by atoms with Crippen LogP contribution in [0.4, 0.5) is 18.9 Å². The van der Waals surface area contributed by atoms with Gasteiger partial charge in [0, 0.05) is 10.6 Å². The molecule has 8 heteroatoms. The second kappa shape index (κ2) is 8.28. The molecule has 0 N–H and O–H groups in total. The molecule has 0 saturated carbocycles. The van der Waals surface area contributed by atoms with E-state index in [1.165, 1.54) is 48.5 Å². The molecule has 0 heterocycles. The van der Waals surface area contributed by atoms with Gasteiger partial charge in [-0.25, -0.2) is 9.98 Å². The summed E-state index contributed by atoms with van der Waals surface area (Å²) in [6, 6.07) is 16.7. The van der Waals surface area contributed by atoms with Gasteiger partial charge in [-0.1, -0.05) is 41.9 Å². The van der Waals surface area contributed by atoms with Crippen LogP contribution in [0.3, 0.4) is 0 Å². The summed E-state index contributed by atoms with van der Waals surface area (Å²) in [6.07, 6.45) is -4.95. The van der Waals surface area contributed by atoms with Crippen LogP contribution in [-0.4, -0.2) is 17.7 Å². The van der Waals surface area contributed by atoms with Crippen LogP contribution in [0, 0.1) is 28.6 Å². The van der Waals surface area contributed by atoms with Crippen LogP contribution in [0.25, 0.3) is 0 Å². The maximum atomic E-state index is 13.3. The highest BCUT2D eigenvalue weighted by atomic mass is 35.5. The zero-order valence-electron chi connectivity index (χ0n) is 13.1. The summed E-state index contributed by atoms with van der Waals surface area (Å²) in [5, 5.41) is 18.2. The standard InChI is InChI=1S/C18H10ClF3N4/c19-14-6-8-15(9-7-14)25-17(12-4-2-1-3-5-12)26-16(18(20,21)22)13(10-23)11-24/h1-9,13H. The summed E-state index contributed by atoms with van der Waals surface area (Å²) in [5.41, 5.74) is -0.887. The highest BCUT2D eigenvalue weighted by Gasteiger charge is 2.41. The van der Waals surface area contributed by atoms with Crippen LogP contribution >= 0.6 is 11.6 Å². The quantitative estimate of drug-likeness (QED) is 0.554. The van der Waals surface area contributed by atoms with Gasteiger partial charge in [-0.2, -0.15) is 23.7 Å². The third kappa shape index (κ3) is 4.92. The molecule has 2 aromatic carbocycles. The van der Waals surface area contributed by atoms with Crippen molar-refractivity contribution in [3.05, 3.63) is 65.2 Å². The topological polar surface area (TPSA) is 72.3 Å². The average molecular weight is 375 g/mol. The molecule has 0 spiro atoms. The Labute approximate surface area is 152 Å².